The van der Waals surface area contributed by atoms with Crippen LogP contribution in [-0.2, 0) is 13.6 Å². The molecule has 0 saturated carbocycles. The van der Waals surface area contributed by atoms with Crippen LogP contribution in [0.25, 0.3) is 0 Å². The first kappa shape index (κ1) is 15.2. The molecule has 1 fully saturated rings. The quantitative estimate of drug-likeness (QED) is 0.867. The van der Waals surface area contributed by atoms with Crippen LogP contribution in [0.3, 0.4) is 0 Å². The van der Waals surface area contributed by atoms with Crippen molar-refractivity contribution in [2.75, 3.05) is 26.2 Å². The number of nitrogens with zero attached hydrogens (tertiary/aromatic N) is 4. The molecular formula is C17H23FN4. The van der Waals surface area contributed by atoms with Crippen molar-refractivity contribution in [3.63, 3.8) is 0 Å². The second-order valence-electron chi connectivity index (χ2n) is 5.99. The van der Waals surface area contributed by atoms with Gasteiger partial charge in [0.1, 0.15) is 11.6 Å². The molecule has 0 spiro atoms. The van der Waals surface area contributed by atoms with Gasteiger partial charge >= 0.3 is 0 Å². The third kappa shape index (κ3) is 3.36. The summed E-state index contributed by atoms with van der Waals surface area (Å²) < 4.78 is 15.1. The fourth-order valence-electron chi connectivity index (χ4n) is 3.01. The number of piperazine rings is 1. The molecule has 1 aromatic heterocycles. The summed E-state index contributed by atoms with van der Waals surface area (Å²) in [5, 5.41) is 0. The van der Waals surface area contributed by atoms with E-state index in [2.05, 4.69) is 26.3 Å². The van der Waals surface area contributed by atoms with E-state index < -0.39 is 0 Å². The first-order chi connectivity index (χ1) is 10.6. The maximum atomic E-state index is 13.0. The molecule has 1 aliphatic rings. The van der Waals surface area contributed by atoms with E-state index in [1.807, 2.05) is 31.6 Å². The van der Waals surface area contributed by atoms with Crippen molar-refractivity contribution < 1.29 is 4.39 Å². The van der Waals surface area contributed by atoms with Crippen LogP contribution in [0.5, 0.6) is 0 Å². The van der Waals surface area contributed by atoms with E-state index in [9.17, 15) is 4.39 Å². The standard InChI is InChI=1S/C17H23FN4/c1-14(15-3-5-16(18)6-4-15)22-11-9-21(10-12-22)13-17-19-7-8-20(17)2/h3-8,14H,9-13H2,1-2H3/t14-/m1/s1. The number of benzene rings is 1. The van der Waals surface area contributed by atoms with E-state index in [1.54, 1.807) is 12.1 Å². The minimum atomic E-state index is -0.171. The number of imidazole rings is 1. The molecule has 1 aliphatic heterocycles. The van der Waals surface area contributed by atoms with Crippen molar-refractivity contribution in [2.24, 2.45) is 7.05 Å². The molecule has 1 aromatic carbocycles. The third-order valence-corrected chi connectivity index (χ3v) is 4.59. The number of hydrogen-bond acceptors (Lipinski definition) is 3. The summed E-state index contributed by atoms with van der Waals surface area (Å²) in [6.07, 6.45) is 3.84. The van der Waals surface area contributed by atoms with Gasteiger partial charge in [0.25, 0.3) is 0 Å². The lowest BCUT2D eigenvalue weighted by molar-refractivity contribution is 0.0956. The topological polar surface area (TPSA) is 24.3 Å². The Hall–Kier alpha value is -1.72. The van der Waals surface area contributed by atoms with Crippen LogP contribution in [0.4, 0.5) is 4.39 Å². The zero-order valence-corrected chi connectivity index (χ0v) is 13.2. The second-order valence-corrected chi connectivity index (χ2v) is 5.99. The van der Waals surface area contributed by atoms with Crippen molar-refractivity contribution in [3.8, 4) is 0 Å². The molecule has 0 bridgehead atoms. The van der Waals surface area contributed by atoms with Crippen molar-refractivity contribution in [1.29, 1.82) is 0 Å². The molecule has 0 radical (unpaired) electrons. The Balaban J connectivity index is 1.55. The number of hydrogen-bond donors (Lipinski definition) is 0. The zero-order valence-electron chi connectivity index (χ0n) is 13.2. The van der Waals surface area contributed by atoms with Gasteiger partial charge in [0.05, 0.1) is 6.54 Å². The van der Waals surface area contributed by atoms with Crippen molar-refractivity contribution in [1.82, 2.24) is 19.4 Å². The van der Waals surface area contributed by atoms with Crippen LogP contribution in [0.2, 0.25) is 0 Å². The van der Waals surface area contributed by atoms with Gasteiger partial charge in [-0.25, -0.2) is 9.37 Å². The predicted molar refractivity (Wildman–Crippen MR) is 84.9 cm³/mol. The van der Waals surface area contributed by atoms with Gasteiger partial charge in [-0.2, -0.15) is 0 Å². The SMILES string of the molecule is C[C@H](c1ccc(F)cc1)N1CCN(Cc2nccn2C)CC1. The second kappa shape index (κ2) is 6.58. The molecule has 0 unspecified atom stereocenters. The van der Waals surface area contributed by atoms with E-state index in [0.29, 0.717) is 6.04 Å². The minimum absolute atomic E-state index is 0.171. The summed E-state index contributed by atoms with van der Waals surface area (Å²) >= 11 is 0. The lowest BCUT2D eigenvalue weighted by Crippen LogP contribution is -2.46. The van der Waals surface area contributed by atoms with Crippen LogP contribution in [0.1, 0.15) is 24.4 Å². The van der Waals surface area contributed by atoms with Gasteiger partial charge < -0.3 is 4.57 Å². The third-order valence-electron chi connectivity index (χ3n) is 4.59. The maximum Gasteiger partial charge on any atom is 0.123 e. The molecule has 0 amide bonds. The Bertz CT molecular complexity index is 599. The number of halogens is 1. The number of rotatable bonds is 4. The highest BCUT2D eigenvalue weighted by Gasteiger charge is 2.22. The Morgan fingerprint density at radius 2 is 1.82 bits per heavy atom. The Morgan fingerprint density at radius 1 is 1.14 bits per heavy atom. The fourth-order valence-corrected chi connectivity index (χ4v) is 3.01. The first-order valence-corrected chi connectivity index (χ1v) is 7.81. The van der Waals surface area contributed by atoms with Crippen molar-refractivity contribution in [3.05, 3.63) is 53.9 Å². The van der Waals surface area contributed by atoms with Crippen LogP contribution in [0.15, 0.2) is 36.7 Å². The molecule has 118 valence electrons. The lowest BCUT2D eigenvalue weighted by atomic mass is 10.1. The Kier molecular flexibility index (Phi) is 4.55. The number of aromatic nitrogens is 2. The molecule has 4 nitrogen and oxygen atoms in total. The molecular weight excluding hydrogens is 279 g/mol. The summed E-state index contributed by atoms with van der Waals surface area (Å²) in [6, 6.07) is 7.20. The predicted octanol–water partition coefficient (Wildman–Crippen LogP) is 2.44. The average Bonchev–Trinajstić information content (AvgIpc) is 2.93. The van der Waals surface area contributed by atoms with Gasteiger partial charge in [0.15, 0.2) is 0 Å². The molecule has 5 heteroatoms. The van der Waals surface area contributed by atoms with Crippen LogP contribution < -0.4 is 0 Å². The smallest absolute Gasteiger partial charge is 0.123 e. The average molecular weight is 302 g/mol. The number of aryl methyl sites for hydroxylation is 1. The van der Waals surface area contributed by atoms with E-state index in [1.165, 1.54) is 5.56 Å². The molecule has 0 N–H and O–H groups in total. The molecule has 2 heterocycles. The molecule has 1 atom stereocenters. The van der Waals surface area contributed by atoms with E-state index >= 15 is 0 Å². The van der Waals surface area contributed by atoms with E-state index in [4.69, 9.17) is 0 Å². The summed E-state index contributed by atoms with van der Waals surface area (Å²) in [6.45, 7) is 7.24. The normalized spacial score (nSPS) is 18.5. The van der Waals surface area contributed by atoms with Gasteiger partial charge in [0.2, 0.25) is 0 Å². The van der Waals surface area contributed by atoms with Crippen LogP contribution in [-0.4, -0.2) is 45.5 Å². The van der Waals surface area contributed by atoms with Gasteiger partial charge in [0, 0.05) is 51.7 Å². The van der Waals surface area contributed by atoms with Crippen LogP contribution >= 0.6 is 0 Å². The summed E-state index contributed by atoms with van der Waals surface area (Å²) in [5.74, 6) is 0.941. The minimum Gasteiger partial charge on any atom is -0.337 e. The Morgan fingerprint density at radius 3 is 2.41 bits per heavy atom. The van der Waals surface area contributed by atoms with E-state index in [0.717, 1.165) is 38.5 Å². The van der Waals surface area contributed by atoms with Crippen LogP contribution in [0, 0.1) is 5.82 Å². The molecule has 1 saturated heterocycles. The monoisotopic (exact) mass is 302 g/mol. The van der Waals surface area contributed by atoms with Gasteiger partial charge in [-0.1, -0.05) is 12.1 Å². The van der Waals surface area contributed by atoms with E-state index in [-0.39, 0.29) is 5.82 Å². The fraction of sp³-hybridized carbons (Fsp3) is 0.471. The van der Waals surface area contributed by atoms with Gasteiger partial charge in [-0.15, -0.1) is 0 Å². The highest BCUT2D eigenvalue weighted by atomic mass is 19.1. The molecule has 22 heavy (non-hydrogen) atoms. The summed E-state index contributed by atoms with van der Waals surface area (Å²) in [7, 11) is 2.04. The van der Waals surface area contributed by atoms with Gasteiger partial charge in [-0.05, 0) is 24.6 Å². The highest BCUT2D eigenvalue weighted by molar-refractivity contribution is 5.19. The largest absolute Gasteiger partial charge is 0.337 e. The molecule has 0 aliphatic carbocycles. The summed E-state index contributed by atoms with van der Waals surface area (Å²) in [5.41, 5.74) is 1.18. The Labute approximate surface area is 131 Å². The zero-order chi connectivity index (χ0) is 15.5. The summed E-state index contributed by atoms with van der Waals surface area (Å²) in [4.78, 5) is 9.29. The highest BCUT2D eigenvalue weighted by Crippen LogP contribution is 2.22. The van der Waals surface area contributed by atoms with Gasteiger partial charge in [-0.3, -0.25) is 9.80 Å². The lowest BCUT2D eigenvalue weighted by Gasteiger charge is -2.38. The maximum absolute atomic E-state index is 13.0. The molecule has 2 aromatic rings. The molecule has 3 rings (SSSR count). The first-order valence-electron chi connectivity index (χ1n) is 7.81. The van der Waals surface area contributed by atoms with Crippen molar-refractivity contribution >= 4 is 0 Å². The van der Waals surface area contributed by atoms with Crippen molar-refractivity contribution in [2.45, 2.75) is 19.5 Å².